The molecule has 1 heterocycles. The van der Waals surface area contributed by atoms with E-state index in [-0.39, 0.29) is 50.8 Å². The van der Waals surface area contributed by atoms with Crippen molar-refractivity contribution in [3.63, 3.8) is 0 Å². The first-order valence-electron chi connectivity index (χ1n) is 22.8. The molecule has 1 unspecified atom stereocenters. The first-order chi connectivity index (χ1) is 27.9. The monoisotopic (exact) mass is 825 g/mol. The molecule has 0 aliphatic carbocycles. The molecule has 1 aliphatic rings. The third-order valence-electron chi connectivity index (χ3n) is 11.3. The molecule has 9 nitrogen and oxygen atoms in total. The van der Waals surface area contributed by atoms with Gasteiger partial charge >= 0.3 is 5.97 Å². The Morgan fingerprint density at radius 2 is 1.07 bits per heavy atom. The Morgan fingerprint density at radius 3 is 1.56 bits per heavy atom. The van der Waals surface area contributed by atoms with Crippen molar-refractivity contribution in [1.29, 1.82) is 0 Å². The zero-order chi connectivity index (χ0) is 41.2. The van der Waals surface area contributed by atoms with Gasteiger partial charge in [0, 0.05) is 32.6 Å². The van der Waals surface area contributed by atoms with Gasteiger partial charge in [-0.05, 0) is 51.2 Å². The molecule has 1 N–H and O–H groups in total. The van der Waals surface area contributed by atoms with E-state index in [1.807, 2.05) is 25.1 Å². The molecule has 0 saturated carbocycles. The number of methoxy groups -OCH3 is 3. The van der Waals surface area contributed by atoms with Crippen LogP contribution in [0.3, 0.4) is 0 Å². The van der Waals surface area contributed by atoms with E-state index in [4.69, 9.17) is 33.2 Å². The van der Waals surface area contributed by atoms with Gasteiger partial charge in [0.15, 0.2) is 0 Å². The number of ether oxygens (including phenoxy) is 7. The van der Waals surface area contributed by atoms with Crippen LogP contribution in [0.25, 0.3) is 0 Å². The first-order valence-corrected chi connectivity index (χ1v) is 23.7. The fourth-order valence-corrected chi connectivity index (χ4v) is 9.50. The molecular weight excluding hydrogens is 741 g/mol. The zero-order valence-corrected chi connectivity index (χ0v) is 37.7. The Bertz CT molecular complexity index is 1060. The van der Waals surface area contributed by atoms with E-state index in [2.05, 4.69) is 19.1 Å². The smallest absolute Gasteiger partial charge is 0.322 e. The Labute approximate surface area is 352 Å². The molecule has 1 saturated heterocycles. The van der Waals surface area contributed by atoms with Gasteiger partial charge in [0.1, 0.15) is 31.2 Å². The average molecular weight is 825 g/mol. The molecule has 0 bridgehead atoms. The van der Waals surface area contributed by atoms with Gasteiger partial charge in [-0.15, -0.1) is 11.8 Å². The number of esters is 1. The molecule has 0 radical (unpaired) electrons. The van der Waals surface area contributed by atoms with E-state index in [0.29, 0.717) is 19.3 Å². The lowest BCUT2D eigenvalue weighted by Crippen LogP contribution is -2.36. The van der Waals surface area contributed by atoms with Crippen molar-refractivity contribution in [1.82, 2.24) is 0 Å². The molecule has 6 atom stereocenters. The van der Waals surface area contributed by atoms with E-state index in [9.17, 15) is 9.90 Å². The molecule has 1 aromatic carbocycles. The average Bonchev–Trinajstić information content (AvgIpc) is 3.49. The van der Waals surface area contributed by atoms with Crippen LogP contribution in [0.5, 0.6) is 0 Å². The number of cyclic esters (lactones) is 1. The van der Waals surface area contributed by atoms with Crippen LogP contribution in [0.1, 0.15) is 181 Å². The van der Waals surface area contributed by atoms with Crippen molar-refractivity contribution in [2.24, 2.45) is 0 Å². The summed E-state index contributed by atoms with van der Waals surface area (Å²) in [5.41, 5.74) is 0. The number of aliphatic hydroxyl groups excluding tert-OH is 1. The van der Waals surface area contributed by atoms with Crippen LogP contribution in [-0.4, -0.2) is 88.1 Å². The highest BCUT2D eigenvalue weighted by atomic mass is 32.2. The number of hydrogen-bond acceptors (Lipinski definition) is 10. The minimum atomic E-state index is -0.567. The number of hydrogen-bond donors (Lipinski definition) is 1. The highest BCUT2D eigenvalue weighted by Gasteiger charge is 2.48. The Kier molecular flexibility index (Phi) is 31.4. The molecule has 0 aromatic heterocycles. The van der Waals surface area contributed by atoms with Gasteiger partial charge in [-0.1, -0.05) is 154 Å². The van der Waals surface area contributed by atoms with Crippen molar-refractivity contribution in [3.8, 4) is 0 Å². The fraction of sp³-hybridized carbons (Fsp3) is 0.851. The number of rotatable bonds is 40. The minimum Gasteiger partial charge on any atom is -0.462 e. The number of carbonyl (C=O) groups is 1. The lowest BCUT2D eigenvalue weighted by atomic mass is 9.96. The summed E-state index contributed by atoms with van der Waals surface area (Å²) in [6, 6.07) is 10.3. The first kappa shape index (κ1) is 51.9. The lowest BCUT2D eigenvalue weighted by Gasteiger charge is -2.30. The number of aliphatic hydroxyl groups is 1. The van der Waals surface area contributed by atoms with Crippen molar-refractivity contribution < 1.29 is 43.1 Å². The van der Waals surface area contributed by atoms with Crippen LogP contribution in [-0.2, 0) is 38.0 Å². The van der Waals surface area contributed by atoms with Gasteiger partial charge < -0.3 is 38.3 Å². The summed E-state index contributed by atoms with van der Waals surface area (Å²) < 4.78 is 39.3. The predicted octanol–water partition coefficient (Wildman–Crippen LogP) is 12.0. The number of thioether (sulfide) groups is 1. The normalized spacial score (nSPS) is 19.1. The lowest BCUT2D eigenvalue weighted by molar-refractivity contribution is -0.167. The maximum atomic E-state index is 12.9. The van der Waals surface area contributed by atoms with E-state index < -0.39 is 10.9 Å². The maximum absolute atomic E-state index is 12.9. The zero-order valence-electron chi connectivity index (χ0n) is 36.9. The Hall–Kier alpha value is -1.24. The summed E-state index contributed by atoms with van der Waals surface area (Å²) in [6.45, 7) is 4.83. The second-order valence-corrected chi connectivity index (χ2v) is 17.8. The molecule has 0 spiro atoms. The fourth-order valence-electron chi connectivity index (χ4n) is 8.06. The van der Waals surface area contributed by atoms with Crippen LogP contribution in [0.2, 0.25) is 0 Å². The SMILES string of the molecule is CCCCCCCCCCCC[C@H](OCOC)[C@H](CC[C@@H](OCOC)[C@H](O)CCCCCCCCCCCCC1(Sc2ccccc2)C[C@H](C)OC1=O)OCOC. The van der Waals surface area contributed by atoms with E-state index in [1.165, 1.54) is 96.3 Å². The van der Waals surface area contributed by atoms with Gasteiger partial charge in [0.25, 0.3) is 0 Å². The van der Waals surface area contributed by atoms with Crippen LogP contribution >= 0.6 is 11.8 Å². The third kappa shape index (κ3) is 24.0. The molecule has 2 rings (SSSR count). The topological polar surface area (TPSA) is 102 Å². The summed E-state index contributed by atoms with van der Waals surface area (Å²) >= 11 is 1.69. The van der Waals surface area contributed by atoms with Gasteiger partial charge in [-0.3, -0.25) is 4.79 Å². The van der Waals surface area contributed by atoms with Gasteiger partial charge in [-0.25, -0.2) is 0 Å². The van der Waals surface area contributed by atoms with Crippen molar-refractivity contribution >= 4 is 17.7 Å². The molecule has 57 heavy (non-hydrogen) atoms. The van der Waals surface area contributed by atoms with Crippen LogP contribution in [0.4, 0.5) is 0 Å². The molecule has 10 heteroatoms. The van der Waals surface area contributed by atoms with Crippen molar-refractivity contribution in [2.75, 3.05) is 41.7 Å². The van der Waals surface area contributed by atoms with Gasteiger partial charge in [0.2, 0.25) is 0 Å². The second-order valence-electron chi connectivity index (χ2n) is 16.4. The van der Waals surface area contributed by atoms with Crippen molar-refractivity contribution in [2.45, 2.75) is 221 Å². The number of carbonyl (C=O) groups excluding carboxylic acids is 1. The molecule has 1 aromatic rings. The summed E-state index contributed by atoms with van der Waals surface area (Å²) in [5, 5.41) is 11.2. The largest absolute Gasteiger partial charge is 0.462 e. The quantitative estimate of drug-likeness (QED) is 0.0391. The van der Waals surface area contributed by atoms with Crippen LogP contribution < -0.4 is 0 Å². The van der Waals surface area contributed by atoms with Gasteiger partial charge in [-0.2, -0.15) is 0 Å². The molecular formula is C47H84O9S. The van der Waals surface area contributed by atoms with E-state index in [0.717, 1.165) is 56.3 Å². The maximum Gasteiger partial charge on any atom is 0.322 e. The molecule has 1 fully saturated rings. The third-order valence-corrected chi connectivity index (χ3v) is 12.7. The number of unbranched alkanes of at least 4 members (excludes halogenated alkanes) is 18. The summed E-state index contributed by atoms with van der Waals surface area (Å²) in [4.78, 5) is 14.0. The predicted molar refractivity (Wildman–Crippen MR) is 233 cm³/mol. The Morgan fingerprint density at radius 1 is 0.632 bits per heavy atom. The van der Waals surface area contributed by atoms with Gasteiger partial charge in [0.05, 0.1) is 24.4 Å². The molecule has 1 aliphatic heterocycles. The minimum absolute atomic E-state index is 0.00898. The van der Waals surface area contributed by atoms with E-state index in [1.54, 1.807) is 33.1 Å². The van der Waals surface area contributed by atoms with E-state index >= 15 is 0 Å². The Balaban J connectivity index is 1.66. The van der Waals surface area contributed by atoms with Crippen LogP contribution in [0.15, 0.2) is 35.2 Å². The summed E-state index contributed by atoms with van der Waals surface area (Å²) in [7, 11) is 4.90. The summed E-state index contributed by atoms with van der Waals surface area (Å²) in [5.74, 6) is -0.0393. The second kappa shape index (κ2) is 34.5. The highest BCUT2D eigenvalue weighted by molar-refractivity contribution is 8.01. The van der Waals surface area contributed by atoms with Crippen LogP contribution in [0, 0.1) is 0 Å². The molecule has 0 amide bonds. The highest BCUT2D eigenvalue weighted by Crippen LogP contribution is 2.46. The standard InChI is InChI=1S/C47H84O9S/c1-6-7-8-9-10-11-15-18-21-27-32-44(54-38-51-4)45(55-39-52-5)34-33-43(53-37-50-3)42(48)31-26-20-17-14-12-13-16-19-22-28-35-47(36-40(2)56-46(47)49)57-41-29-24-23-25-30-41/h23-25,29-30,40,42-45,48H,6-22,26-28,31-39H2,1-5H3/t40-,42+,43+,44-,45-,47?/m0/s1. The number of benzene rings is 1. The molecule has 332 valence electrons. The van der Waals surface area contributed by atoms with Crippen molar-refractivity contribution in [3.05, 3.63) is 30.3 Å². The summed E-state index contributed by atoms with van der Waals surface area (Å²) in [6.07, 6.45) is 27.9.